The minimum absolute atomic E-state index is 0.715. The van der Waals surface area contributed by atoms with Crippen molar-refractivity contribution in [1.29, 1.82) is 0 Å². The Bertz CT molecular complexity index is 504. The van der Waals surface area contributed by atoms with E-state index in [0.717, 1.165) is 24.0 Å². The Morgan fingerprint density at radius 1 is 1.21 bits per heavy atom. The van der Waals surface area contributed by atoms with Gasteiger partial charge in [0.2, 0.25) is 0 Å². The number of benzene rings is 1. The van der Waals surface area contributed by atoms with Crippen molar-refractivity contribution >= 4 is 0 Å². The first-order chi connectivity index (χ1) is 9.43. The summed E-state index contributed by atoms with van der Waals surface area (Å²) in [6, 6.07) is 9.98. The zero-order valence-corrected chi connectivity index (χ0v) is 11.0. The smallest absolute Gasteiger partial charge is 0.170 e. The van der Waals surface area contributed by atoms with Gasteiger partial charge in [0.25, 0.3) is 0 Å². The molecule has 2 aromatic rings. The standard InChI is InChI=1S/C14H19N5/c1-2-6-13(7-3-1)19-14(16-17-18-19)11-15-10-4-5-12-8-9-12/h1-3,6-7,12,15H,4-5,8-11H2. The molecular weight excluding hydrogens is 238 g/mol. The fourth-order valence-electron chi connectivity index (χ4n) is 2.21. The molecule has 5 heteroatoms. The molecule has 0 bridgehead atoms. The van der Waals surface area contributed by atoms with Crippen LogP contribution in [0.3, 0.4) is 0 Å². The van der Waals surface area contributed by atoms with Crippen LogP contribution in [0.4, 0.5) is 0 Å². The molecular formula is C14H19N5. The van der Waals surface area contributed by atoms with E-state index in [1.165, 1.54) is 25.7 Å². The Morgan fingerprint density at radius 2 is 2.05 bits per heavy atom. The number of nitrogens with one attached hydrogen (secondary N) is 1. The second-order valence-electron chi connectivity index (χ2n) is 5.10. The normalized spacial score (nSPS) is 14.7. The zero-order chi connectivity index (χ0) is 12.9. The van der Waals surface area contributed by atoms with Crippen LogP contribution in [0, 0.1) is 5.92 Å². The summed E-state index contributed by atoms with van der Waals surface area (Å²) in [6.07, 6.45) is 5.48. The average Bonchev–Trinajstić information content (AvgIpc) is 3.16. The maximum absolute atomic E-state index is 4.08. The van der Waals surface area contributed by atoms with Crippen molar-refractivity contribution in [1.82, 2.24) is 25.5 Å². The second-order valence-corrected chi connectivity index (χ2v) is 5.10. The Hall–Kier alpha value is -1.75. The molecule has 1 aliphatic rings. The molecule has 100 valence electrons. The van der Waals surface area contributed by atoms with Gasteiger partial charge in [0, 0.05) is 0 Å². The summed E-state index contributed by atoms with van der Waals surface area (Å²) in [7, 11) is 0. The van der Waals surface area contributed by atoms with E-state index in [9.17, 15) is 0 Å². The van der Waals surface area contributed by atoms with Gasteiger partial charge >= 0.3 is 0 Å². The van der Waals surface area contributed by atoms with E-state index in [0.29, 0.717) is 6.54 Å². The molecule has 0 saturated heterocycles. The van der Waals surface area contributed by atoms with Crippen LogP contribution in [0.1, 0.15) is 31.5 Å². The Balaban J connectivity index is 1.51. The van der Waals surface area contributed by atoms with Crippen LogP contribution in [0.2, 0.25) is 0 Å². The third-order valence-corrected chi connectivity index (χ3v) is 3.48. The highest BCUT2D eigenvalue weighted by Crippen LogP contribution is 2.33. The van der Waals surface area contributed by atoms with Crippen molar-refractivity contribution in [2.75, 3.05) is 6.54 Å². The van der Waals surface area contributed by atoms with Crippen molar-refractivity contribution in [3.63, 3.8) is 0 Å². The predicted octanol–water partition coefficient (Wildman–Crippen LogP) is 1.94. The molecule has 1 saturated carbocycles. The monoisotopic (exact) mass is 257 g/mol. The second kappa shape index (κ2) is 5.93. The molecule has 0 radical (unpaired) electrons. The van der Waals surface area contributed by atoms with Gasteiger partial charge in [-0.15, -0.1) is 5.10 Å². The third kappa shape index (κ3) is 3.38. The fourth-order valence-corrected chi connectivity index (χ4v) is 2.21. The molecule has 0 spiro atoms. The number of tetrazole rings is 1. The van der Waals surface area contributed by atoms with E-state index in [-0.39, 0.29) is 0 Å². The lowest BCUT2D eigenvalue weighted by atomic mass is 10.2. The number of para-hydroxylation sites is 1. The first-order valence-corrected chi connectivity index (χ1v) is 6.97. The van der Waals surface area contributed by atoms with Gasteiger partial charge in [0.1, 0.15) is 0 Å². The molecule has 1 N–H and O–H groups in total. The molecule has 1 aromatic heterocycles. The van der Waals surface area contributed by atoms with E-state index in [4.69, 9.17) is 0 Å². The van der Waals surface area contributed by atoms with Gasteiger partial charge < -0.3 is 5.32 Å². The minimum atomic E-state index is 0.715. The molecule has 5 nitrogen and oxygen atoms in total. The summed E-state index contributed by atoms with van der Waals surface area (Å²) in [5.74, 6) is 1.87. The van der Waals surface area contributed by atoms with Crippen LogP contribution in [-0.4, -0.2) is 26.8 Å². The number of hydrogen-bond donors (Lipinski definition) is 1. The minimum Gasteiger partial charge on any atom is -0.310 e. The average molecular weight is 257 g/mol. The first kappa shape index (κ1) is 12.3. The summed E-state index contributed by atoms with van der Waals surface area (Å²) in [6.45, 7) is 1.75. The van der Waals surface area contributed by atoms with E-state index < -0.39 is 0 Å². The van der Waals surface area contributed by atoms with Gasteiger partial charge in [-0.2, -0.15) is 4.68 Å². The van der Waals surface area contributed by atoms with E-state index in [2.05, 4.69) is 20.8 Å². The van der Waals surface area contributed by atoms with Crippen molar-refractivity contribution in [2.24, 2.45) is 5.92 Å². The molecule has 1 fully saturated rings. The van der Waals surface area contributed by atoms with Crippen molar-refractivity contribution < 1.29 is 0 Å². The molecule has 0 amide bonds. The van der Waals surface area contributed by atoms with E-state index >= 15 is 0 Å². The van der Waals surface area contributed by atoms with Crippen LogP contribution in [-0.2, 0) is 6.54 Å². The van der Waals surface area contributed by atoms with E-state index in [1.54, 1.807) is 4.68 Å². The summed E-state index contributed by atoms with van der Waals surface area (Å²) < 4.78 is 1.79. The largest absolute Gasteiger partial charge is 0.310 e. The van der Waals surface area contributed by atoms with Crippen LogP contribution >= 0.6 is 0 Å². The molecule has 0 aliphatic heterocycles. The third-order valence-electron chi connectivity index (χ3n) is 3.48. The molecule has 1 aromatic carbocycles. The van der Waals surface area contributed by atoms with Gasteiger partial charge in [-0.3, -0.25) is 0 Å². The first-order valence-electron chi connectivity index (χ1n) is 6.97. The molecule has 3 rings (SSSR count). The maximum Gasteiger partial charge on any atom is 0.170 e. The Kier molecular flexibility index (Phi) is 3.83. The van der Waals surface area contributed by atoms with Crippen molar-refractivity contribution in [3.8, 4) is 5.69 Å². The molecule has 19 heavy (non-hydrogen) atoms. The highest BCUT2D eigenvalue weighted by Gasteiger charge is 2.19. The topological polar surface area (TPSA) is 55.6 Å². The van der Waals surface area contributed by atoms with Gasteiger partial charge in [0.15, 0.2) is 5.82 Å². The summed E-state index contributed by atoms with van der Waals surface area (Å²) in [5, 5.41) is 15.3. The highest BCUT2D eigenvalue weighted by atomic mass is 15.5. The number of nitrogens with zero attached hydrogens (tertiary/aromatic N) is 4. The van der Waals surface area contributed by atoms with Gasteiger partial charge in [-0.05, 0) is 47.9 Å². The van der Waals surface area contributed by atoms with Crippen molar-refractivity contribution in [2.45, 2.75) is 32.2 Å². The molecule has 0 atom stereocenters. The molecule has 0 unspecified atom stereocenters. The number of rotatable bonds is 7. The summed E-state index contributed by atoms with van der Waals surface area (Å²) in [5.41, 5.74) is 1.00. The maximum atomic E-state index is 4.08. The molecule has 1 heterocycles. The van der Waals surface area contributed by atoms with E-state index in [1.807, 2.05) is 30.3 Å². The Morgan fingerprint density at radius 3 is 2.84 bits per heavy atom. The Labute approximate surface area is 113 Å². The van der Waals surface area contributed by atoms with Crippen LogP contribution < -0.4 is 5.32 Å². The van der Waals surface area contributed by atoms with Gasteiger partial charge in [0.05, 0.1) is 12.2 Å². The highest BCUT2D eigenvalue weighted by molar-refractivity contribution is 5.30. The van der Waals surface area contributed by atoms with Gasteiger partial charge in [-0.1, -0.05) is 31.0 Å². The van der Waals surface area contributed by atoms with Crippen LogP contribution in [0.25, 0.3) is 5.69 Å². The quantitative estimate of drug-likeness (QED) is 0.770. The summed E-state index contributed by atoms with van der Waals surface area (Å²) in [4.78, 5) is 0. The zero-order valence-electron chi connectivity index (χ0n) is 11.0. The lowest BCUT2D eigenvalue weighted by Crippen LogP contribution is -2.18. The van der Waals surface area contributed by atoms with Gasteiger partial charge in [-0.25, -0.2) is 0 Å². The lowest BCUT2D eigenvalue weighted by molar-refractivity contribution is 0.577. The summed E-state index contributed by atoms with van der Waals surface area (Å²) >= 11 is 0. The molecule has 1 aliphatic carbocycles. The predicted molar refractivity (Wildman–Crippen MR) is 72.8 cm³/mol. The lowest BCUT2D eigenvalue weighted by Gasteiger charge is -2.05. The van der Waals surface area contributed by atoms with Crippen molar-refractivity contribution in [3.05, 3.63) is 36.2 Å². The number of aromatic nitrogens is 4. The van der Waals surface area contributed by atoms with Crippen LogP contribution in [0.5, 0.6) is 0 Å². The fraction of sp³-hybridized carbons (Fsp3) is 0.500. The number of hydrogen-bond acceptors (Lipinski definition) is 4. The van der Waals surface area contributed by atoms with Crippen LogP contribution in [0.15, 0.2) is 30.3 Å². The SMILES string of the molecule is c1ccc(-n2nnnc2CNCCCC2CC2)cc1.